The van der Waals surface area contributed by atoms with Crippen LogP contribution in [0.2, 0.25) is 0 Å². The molecule has 2 aliphatic heterocycles. The number of benzene rings is 5. The van der Waals surface area contributed by atoms with Gasteiger partial charge in [0.1, 0.15) is 0 Å². The van der Waals surface area contributed by atoms with Crippen LogP contribution in [0, 0.1) is 6.92 Å². The first-order valence-electron chi connectivity index (χ1n) is 13.3. The van der Waals surface area contributed by atoms with Crippen molar-refractivity contribution in [2.75, 3.05) is 0 Å². The molecule has 0 fully saturated rings. The van der Waals surface area contributed by atoms with Crippen molar-refractivity contribution < 1.29 is 0 Å². The summed E-state index contributed by atoms with van der Waals surface area (Å²) in [6, 6.07) is 32.4. The summed E-state index contributed by atoms with van der Waals surface area (Å²) in [5.74, 6) is 0.505. The molecule has 0 saturated carbocycles. The van der Waals surface area contributed by atoms with E-state index in [1.165, 1.54) is 85.3 Å². The van der Waals surface area contributed by atoms with Crippen molar-refractivity contribution in [3.63, 3.8) is 0 Å². The maximum Gasteiger partial charge on any atom is 0.252 e. The Balaban J connectivity index is 1.56. The van der Waals surface area contributed by atoms with Gasteiger partial charge in [-0.05, 0) is 76.9 Å². The molecule has 4 aliphatic rings. The molecule has 2 aromatic heterocycles. The Morgan fingerprint density at radius 2 is 1.32 bits per heavy atom. The second-order valence-electron chi connectivity index (χ2n) is 11.1. The van der Waals surface area contributed by atoms with Gasteiger partial charge in [0, 0.05) is 17.3 Å². The van der Waals surface area contributed by atoms with Gasteiger partial charge in [0.15, 0.2) is 0 Å². The van der Waals surface area contributed by atoms with Gasteiger partial charge in [-0.25, -0.2) is 0 Å². The average molecular weight is 520 g/mol. The van der Waals surface area contributed by atoms with E-state index in [4.69, 9.17) is 0 Å². The summed E-state index contributed by atoms with van der Waals surface area (Å²) >= 11 is 3.87. The Morgan fingerprint density at radius 3 is 2.00 bits per heavy atom. The third-order valence-electron chi connectivity index (χ3n) is 9.07. The van der Waals surface area contributed by atoms with Crippen molar-refractivity contribution in [2.24, 2.45) is 0 Å². The van der Waals surface area contributed by atoms with Crippen LogP contribution in [0.4, 0.5) is 0 Å². The van der Waals surface area contributed by atoms with E-state index in [9.17, 15) is 0 Å². The molecule has 2 aliphatic carbocycles. The van der Waals surface area contributed by atoms with E-state index in [2.05, 4.69) is 108 Å². The van der Waals surface area contributed by atoms with Crippen LogP contribution in [0.1, 0.15) is 29.5 Å². The maximum atomic E-state index is 2.60. The highest BCUT2D eigenvalue weighted by Crippen LogP contribution is 2.44. The van der Waals surface area contributed by atoms with Gasteiger partial charge < -0.3 is 9.13 Å². The van der Waals surface area contributed by atoms with E-state index in [1.54, 1.807) is 0 Å². The van der Waals surface area contributed by atoms with E-state index in [-0.39, 0.29) is 6.71 Å². The van der Waals surface area contributed by atoms with Crippen LogP contribution in [0.5, 0.6) is 0 Å². The summed E-state index contributed by atoms with van der Waals surface area (Å²) in [4.78, 5) is 0. The molecule has 2 nitrogen and oxygen atoms in total. The topological polar surface area (TPSA) is 9.86 Å². The van der Waals surface area contributed by atoms with Crippen LogP contribution in [0.3, 0.4) is 0 Å². The SMILES string of the molecule is Cc1ccc2c(c1)B1c3c4cc(cc3-n3c5ccccc5sc5cc6sc7ccccc7n-2c6c1c53)C4C. The molecule has 0 N–H and O–H groups in total. The fourth-order valence-electron chi connectivity index (χ4n) is 7.40. The standard InChI is InChI=1S/C33H21BN2S2/c1-17-11-12-22-21(13-17)34-30-20-14-19(18(20)2)15-25(30)36-24-8-4-6-10-27(24)38-29-16-28-32(31(34)33(29)36)35(22)23-7-3-5-9-26(23)37-28/h3-16,18H,1-2H3. The summed E-state index contributed by atoms with van der Waals surface area (Å²) in [6.45, 7) is 4.85. The molecule has 0 radical (unpaired) electrons. The molecule has 178 valence electrons. The van der Waals surface area contributed by atoms with E-state index >= 15 is 0 Å². The Hall–Kier alpha value is -3.80. The van der Waals surface area contributed by atoms with Gasteiger partial charge in [-0.1, -0.05) is 55.0 Å². The highest BCUT2D eigenvalue weighted by atomic mass is 32.1. The monoisotopic (exact) mass is 520 g/mol. The van der Waals surface area contributed by atoms with Crippen LogP contribution < -0.4 is 16.4 Å². The Labute approximate surface area is 227 Å². The number of nitrogens with zero attached hydrogens (tertiary/aromatic N) is 2. The Kier molecular flexibility index (Phi) is 3.51. The van der Waals surface area contributed by atoms with E-state index in [1.807, 2.05) is 22.7 Å². The molecule has 1 unspecified atom stereocenters. The second-order valence-corrected chi connectivity index (χ2v) is 13.2. The minimum absolute atomic E-state index is 0.236. The lowest BCUT2D eigenvalue weighted by molar-refractivity contribution is 0.856. The minimum Gasteiger partial charge on any atom is -0.309 e. The lowest BCUT2D eigenvalue weighted by Gasteiger charge is -2.41. The molecule has 11 rings (SSSR count). The number of aryl methyl sites for hydroxylation is 1. The summed E-state index contributed by atoms with van der Waals surface area (Å²) in [5.41, 5.74) is 16.8. The van der Waals surface area contributed by atoms with Gasteiger partial charge in [0.2, 0.25) is 0 Å². The fourth-order valence-corrected chi connectivity index (χ4v) is 9.71. The van der Waals surface area contributed by atoms with Gasteiger partial charge in [-0.3, -0.25) is 0 Å². The molecule has 5 heteroatoms. The largest absolute Gasteiger partial charge is 0.309 e. The van der Waals surface area contributed by atoms with Crippen molar-refractivity contribution in [1.29, 1.82) is 0 Å². The zero-order chi connectivity index (χ0) is 24.9. The van der Waals surface area contributed by atoms with Gasteiger partial charge in [-0.2, -0.15) is 0 Å². The first kappa shape index (κ1) is 20.2. The summed E-state index contributed by atoms with van der Waals surface area (Å²) in [7, 11) is 0. The lowest BCUT2D eigenvalue weighted by Crippen LogP contribution is -2.61. The molecule has 7 aromatic rings. The number of fused-ring (bicyclic) bond motifs is 7. The normalized spacial score (nSPS) is 15.8. The van der Waals surface area contributed by atoms with Crippen LogP contribution in [-0.2, 0) is 0 Å². The molecule has 0 spiro atoms. The highest BCUT2D eigenvalue weighted by molar-refractivity contribution is 7.27. The predicted octanol–water partition coefficient (Wildman–Crippen LogP) is 7.04. The predicted molar refractivity (Wildman–Crippen MR) is 165 cm³/mol. The van der Waals surface area contributed by atoms with Crippen LogP contribution in [-0.4, -0.2) is 15.8 Å². The molecule has 1 atom stereocenters. The summed E-state index contributed by atoms with van der Waals surface area (Å²) in [5, 5.41) is 0. The quantitative estimate of drug-likeness (QED) is 0.150. The summed E-state index contributed by atoms with van der Waals surface area (Å²) < 4.78 is 10.6. The van der Waals surface area contributed by atoms with E-state index in [0.717, 1.165) is 0 Å². The number of aromatic nitrogens is 2. The third-order valence-corrected chi connectivity index (χ3v) is 11.3. The number of rotatable bonds is 0. The maximum absolute atomic E-state index is 2.60. The zero-order valence-corrected chi connectivity index (χ0v) is 22.6. The average Bonchev–Trinajstić information content (AvgIpc) is 2.95. The van der Waals surface area contributed by atoms with Crippen LogP contribution in [0.15, 0.2) is 84.9 Å². The molecular weight excluding hydrogens is 499 g/mol. The Morgan fingerprint density at radius 1 is 0.658 bits per heavy atom. The second kappa shape index (κ2) is 6.61. The first-order valence-corrected chi connectivity index (χ1v) is 14.9. The van der Waals surface area contributed by atoms with Gasteiger partial charge in [-0.15, -0.1) is 22.7 Å². The van der Waals surface area contributed by atoms with Crippen molar-refractivity contribution in [2.45, 2.75) is 19.8 Å². The number of para-hydroxylation sites is 2. The van der Waals surface area contributed by atoms with Gasteiger partial charge >= 0.3 is 0 Å². The van der Waals surface area contributed by atoms with Crippen molar-refractivity contribution in [3.8, 4) is 11.4 Å². The molecule has 2 bridgehead atoms. The van der Waals surface area contributed by atoms with Crippen molar-refractivity contribution in [1.82, 2.24) is 9.13 Å². The van der Waals surface area contributed by atoms with E-state index in [0.29, 0.717) is 5.92 Å². The smallest absolute Gasteiger partial charge is 0.252 e. The number of hydrogen-bond acceptors (Lipinski definition) is 2. The third kappa shape index (κ3) is 2.21. The zero-order valence-electron chi connectivity index (χ0n) is 20.9. The van der Waals surface area contributed by atoms with Crippen molar-refractivity contribution >= 4 is 86.6 Å². The molecule has 4 heterocycles. The molecular formula is C33H21BN2S2. The number of hydrogen-bond donors (Lipinski definition) is 0. The fraction of sp³-hybridized carbons (Fsp3) is 0.0909. The molecule has 0 amide bonds. The molecule has 0 saturated heterocycles. The minimum atomic E-state index is 0.236. The summed E-state index contributed by atoms with van der Waals surface area (Å²) in [6.07, 6.45) is 0. The van der Waals surface area contributed by atoms with Crippen LogP contribution >= 0.6 is 22.7 Å². The molecule has 5 aromatic carbocycles. The molecule has 38 heavy (non-hydrogen) atoms. The first-order chi connectivity index (χ1) is 18.7. The van der Waals surface area contributed by atoms with E-state index < -0.39 is 0 Å². The van der Waals surface area contributed by atoms with Crippen molar-refractivity contribution in [3.05, 3.63) is 102 Å². The van der Waals surface area contributed by atoms with Gasteiger partial charge in [0.25, 0.3) is 6.71 Å². The Bertz CT molecular complexity index is 2290. The van der Waals surface area contributed by atoms with Gasteiger partial charge in [0.05, 0.1) is 40.9 Å². The highest BCUT2D eigenvalue weighted by Gasteiger charge is 2.43. The lowest BCUT2D eigenvalue weighted by atomic mass is 9.32. The van der Waals surface area contributed by atoms with Crippen LogP contribution in [0.25, 0.3) is 52.2 Å².